The Morgan fingerprint density at radius 1 is 1.03 bits per heavy atom. The maximum atomic E-state index is 12.8. The number of aromatic nitrogens is 1. The first kappa shape index (κ1) is 21.3. The van der Waals surface area contributed by atoms with Crippen LogP contribution < -0.4 is 5.32 Å². The fraction of sp³-hybridized carbons (Fsp3) is 0.333. The summed E-state index contributed by atoms with van der Waals surface area (Å²) in [6.45, 7) is 0.682. The second kappa shape index (κ2) is 8.77. The summed E-state index contributed by atoms with van der Waals surface area (Å²) in [5.74, 6) is -0.304. The third-order valence-corrected chi connectivity index (χ3v) is 9.00. The normalized spacial score (nSPS) is 17.2. The van der Waals surface area contributed by atoms with Crippen LogP contribution in [0.15, 0.2) is 58.8 Å². The Balaban J connectivity index is 1.20. The van der Waals surface area contributed by atoms with Gasteiger partial charge in [0.25, 0.3) is 0 Å². The van der Waals surface area contributed by atoms with E-state index in [0.717, 1.165) is 24.1 Å². The number of anilines is 1. The molecule has 0 unspecified atom stereocenters. The van der Waals surface area contributed by atoms with Gasteiger partial charge in [-0.3, -0.25) is 4.79 Å². The molecule has 8 heteroatoms. The van der Waals surface area contributed by atoms with Crippen molar-refractivity contribution in [2.45, 2.75) is 37.0 Å². The Bertz CT molecular complexity index is 1230. The summed E-state index contributed by atoms with van der Waals surface area (Å²) >= 11 is 1.42. The summed E-state index contributed by atoms with van der Waals surface area (Å²) in [7, 11) is -3.51. The molecule has 3 aromatic rings. The van der Waals surface area contributed by atoms with E-state index in [0.29, 0.717) is 36.0 Å². The minimum absolute atomic E-state index is 0.0865. The number of nitrogens with zero attached hydrogens (tertiary/aromatic N) is 2. The molecular formula is C24H25N3O3S2. The highest BCUT2D eigenvalue weighted by Crippen LogP contribution is 2.31. The summed E-state index contributed by atoms with van der Waals surface area (Å²) < 4.78 is 27.0. The van der Waals surface area contributed by atoms with Gasteiger partial charge in [-0.15, -0.1) is 11.3 Å². The molecule has 166 valence electrons. The van der Waals surface area contributed by atoms with Crippen LogP contribution in [0.4, 0.5) is 5.13 Å². The number of hydrogen-bond acceptors (Lipinski definition) is 5. The Kier molecular flexibility index (Phi) is 5.84. The molecule has 1 amide bonds. The summed E-state index contributed by atoms with van der Waals surface area (Å²) in [6, 6.07) is 15.0. The smallest absolute Gasteiger partial charge is 0.243 e. The number of piperidine rings is 1. The summed E-state index contributed by atoms with van der Waals surface area (Å²) in [6.07, 6.45) is 4.49. The van der Waals surface area contributed by atoms with Gasteiger partial charge >= 0.3 is 0 Å². The molecule has 2 aliphatic rings. The number of carbonyl (C=O) groups is 1. The van der Waals surface area contributed by atoms with Crippen molar-refractivity contribution in [3.63, 3.8) is 0 Å². The second-order valence-electron chi connectivity index (χ2n) is 8.36. The van der Waals surface area contributed by atoms with Crippen molar-refractivity contribution in [1.29, 1.82) is 0 Å². The Hall–Kier alpha value is -2.55. The van der Waals surface area contributed by atoms with Crippen molar-refractivity contribution in [2.75, 3.05) is 18.4 Å². The predicted molar refractivity (Wildman–Crippen MR) is 126 cm³/mol. The van der Waals surface area contributed by atoms with Crippen molar-refractivity contribution in [3.8, 4) is 11.3 Å². The van der Waals surface area contributed by atoms with Gasteiger partial charge in [0.2, 0.25) is 15.9 Å². The van der Waals surface area contributed by atoms with Gasteiger partial charge < -0.3 is 5.32 Å². The molecule has 0 saturated carbocycles. The first-order chi connectivity index (χ1) is 15.5. The largest absolute Gasteiger partial charge is 0.302 e. The highest BCUT2D eigenvalue weighted by Gasteiger charge is 2.32. The molecule has 6 nitrogen and oxygen atoms in total. The zero-order chi connectivity index (χ0) is 22.1. The molecule has 1 saturated heterocycles. The molecule has 0 bridgehead atoms. The first-order valence-electron chi connectivity index (χ1n) is 10.9. The summed E-state index contributed by atoms with van der Waals surface area (Å²) in [5, 5.41) is 5.50. The van der Waals surface area contributed by atoms with Gasteiger partial charge in [-0.25, -0.2) is 13.4 Å². The molecule has 32 heavy (non-hydrogen) atoms. The summed E-state index contributed by atoms with van der Waals surface area (Å²) in [4.78, 5) is 17.7. The average Bonchev–Trinajstić information content (AvgIpc) is 3.48. The number of rotatable bonds is 5. The number of fused-ring (bicyclic) bond motifs is 1. The molecule has 1 aliphatic heterocycles. The SMILES string of the molecule is O=C(Nc1nc(-c2ccc3c(c2)CCC3)cs1)C1CCN(S(=O)(=O)c2ccccc2)CC1. The van der Waals surface area contributed by atoms with Crippen LogP contribution >= 0.6 is 11.3 Å². The third-order valence-electron chi connectivity index (χ3n) is 6.33. The predicted octanol–water partition coefficient (Wildman–Crippen LogP) is 4.34. The minimum atomic E-state index is -3.51. The second-order valence-corrected chi connectivity index (χ2v) is 11.2. The molecule has 1 aliphatic carbocycles. The van der Waals surface area contributed by atoms with Gasteiger partial charge in [-0.2, -0.15) is 4.31 Å². The Morgan fingerprint density at radius 2 is 1.78 bits per heavy atom. The number of carbonyl (C=O) groups excluding carboxylic acids is 1. The number of nitrogens with one attached hydrogen (secondary N) is 1. The van der Waals surface area contributed by atoms with Gasteiger partial charge in [-0.1, -0.05) is 30.3 Å². The van der Waals surface area contributed by atoms with E-state index in [1.54, 1.807) is 30.3 Å². The molecule has 0 spiro atoms. The highest BCUT2D eigenvalue weighted by molar-refractivity contribution is 7.89. The van der Waals surface area contributed by atoms with Crippen molar-refractivity contribution in [2.24, 2.45) is 5.92 Å². The fourth-order valence-corrected chi connectivity index (χ4v) is 6.72. The van der Waals surface area contributed by atoms with E-state index in [1.807, 2.05) is 5.38 Å². The molecule has 0 atom stereocenters. The van der Waals surface area contributed by atoms with E-state index in [9.17, 15) is 13.2 Å². The zero-order valence-electron chi connectivity index (χ0n) is 17.7. The monoisotopic (exact) mass is 467 g/mol. The van der Waals surface area contributed by atoms with Crippen molar-refractivity contribution in [3.05, 3.63) is 65.0 Å². The number of amides is 1. The maximum absolute atomic E-state index is 12.8. The highest BCUT2D eigenvalue weighted by atomic mass is 32.2. The van der Waals surface area contributed by atoms with Gasteiger partial charge in [0, 0.05) is 30.0 Å². The molecule has 5 rings (SSSR count). The number of hydrogen-bond donors (Lipinski definition) is 1. The van der Waals surface area contributed by atoms with E-state index in [-0.39, 0.29) is 11.8 Å². The van der Waals surface area contributed by atoms with E-state index in [1.165, 1.54) is 33.2 Å². The van der Waals surface area contributed by atoms with E-state index in [4.69, 9.17) is 0 Å². The van der Waals surface area contributed by atoms with E-state index >= 15 is 0 Å². The van der Waals surface area contributed by atoms with Crippen LogP contribution in [0.5, 0.6) is 0 Å². The number of sulfonamides is 1. The van der Waals surface area contributed by atoms with Crippen LogP contribution in [0, 0.1) is 5.92 Å². The lowest BCUT2D eigenvalue weighted by Gasteiger charge is -2.30. The van der Waals surface area contributed by atoms with Crippen LogP contribution in [-0.2, 0) is 27.7 Å². The molecular weight excluding hydrogens is 442 g/mol. The van der Waals surface area contributed by atoms with Crippen LogP contribution in [-0.4, -0.2) is 36.7 Å². The lowest BCUT2D eigenvalue weighted by Crippen LogP contribution is -2.41. The van der Waals surface area contributed by atoms with Gasteiger partial charge in [0.05, 0.1) is 10.6 Å². The zero-order valence-corrected chi connectivity index (χ0v) is 19.3. The lowest BCUT2D eigenvalue weighted by atomic mass is 9.97. The topological polar surface area (TPSA) is 79.4 Å². The average molecular weight is 468 g/mol. The molecule has 1 N–H and O–H groups in total. The fourth-order valence-electron chi connectivity index (χ4n) is 4.50. The van der Waals surface area contributed by atoms with Crippen molar-refractivity contribution < 1.29 is 13.2 Å². The Labute approximate surface area is 192 Å². The quantitative estimate of drug-likeness (QED) is 0.605. The number of thiazole rings is 1. The van der Waals surface area contributed by atoms with Gasteiger partial charge in [-0.05, 0) is 61.4 Å². The van der Waals surface area contributed by atoms with E-state index < -0.39 is 10.0 Å². The van der Waals surface area contributed by atoms with Crippen LogP contribution in [0.2, 0.25) is 0 Å². The minimum Gasteiger partial charge on any atom is -0.302 e. The summed E-state index contributed by atoms with van der Waals surface area (Å²) in [5.41, 5.74) is 4.79. The molecule has 2 aromatic carbocycles. The lowest BCUT2D eigenvalue weighted by molar-refractivity contribution is -0.120. The number of aryl methyl sites for hydroxylation is 2. The van der Waals surface area contributed by atoms with Gasteiger partial charge in [0.15, 0.2) is 5.13 Å². The standard InChI is InChI=1S/C24H25N3O3S2/c28-23(18-11-13-27(14-12-18)32(29,30)21-7-2-1-3-8-21)26-24-25-22(16-31-24)20-10-9-17-5-4-6-19(17)15-20/h1-3,7-10,15-16,18H,4-6,11-14H2,(H,25,26,28). The van der Waals surface area contributed by atoms with Crippen molar-refractivity contribution >= 4 is 32.4 Å². The van der Waals surface area contributed by atoms with Crippen LogP contribution in [0.1, 0.15) is 30.4 Å². The maximum Gasteiger partial charge on any atom is 0.243 e. The number of benzene rings is 2. The van der Waals surface area contributed by atoms with Crippen molar-refractivity contribution in [1.82, 2.24) is 9.29 Å². The molecule has 0 radical (unpaired) electrons. The Morgan fingerprint density at radius 3 is 2.56 bits per heavy atom. The third kappa shape index (κ3) is 4.22. The first-order valence-corrected chi connectivity index (χ1v) is 13.3. The van der Waals surface area contributed by atoms with Crippen LogP contribution in [0.3, 0.4) is 0 Å². The molecule has 1 aromatic heterocycles. The molecule has 2 heterocycles. The molecule has 1 fully saturated rings. The van der Waals surface area contributed by atoms with Gasteiger partial charge in [0.1, 0.15) is 0 Å². The van der Waals surface area contributed by atoms with Crippen LogP contribution in [0.25, 0.3) is 11.3 Å². The van der Waals surface area contributed by atoms with E-state index in [2.05, 4.69) is 28.5 Å².